The molecule has 4 nitrogen and oxygen atoms in total. The van der Waals surface area contributed by atoms with E-state index < -0.39 is 6.10 Å². The normalized spacial score (nSPS) is 23.4. The first-order valence-corrected chi connectivity index (χ1v) is 6.53. The smallest absolute Gasteiger partial charge is 0.260 e. The summed E-state index contributed by atoms with van der Waals surface area (Å²) in [5.41, 5.74) is 2.72. The van der Waals surface area contributed by atoms with Gasteiger partial charge in [0, 0.05) is 31.4 Å². The number of carbonyl (C=O) groups is 1. The van der Waals surface area contributed by atoms with Crippen molar-refractivity contribution in [2.45, 2.75) is 25.4 Å². The van der Waals surface area contributed by atoms with Crippen LogP contribution >= 0.6 is 0 Å². The summed E-state index contributed by atoms with van der Waals surface area (Å²) < 4.78 is 0. The summed E-state index contributed by atoms with van der Waals surface area (Å²) in [4.78, 5) is 15.6. The van der Waals surface area contributed by atoms with Gasteiger partial charge in [-0.15, -0.1) is 0 Å². The highest BCUT2D eigenvalue weighted by molar-refractivity contribution is 6.03. The van der Waals surface area contributed by atoms with Crippen molar-refractivity contribution in [1.29, 1.82) is 0 Å². The van der Waals surface area contributed by atoms with Crippen LogP contribution in [0.1, 0.15) is 30.9 Å². The number of piperidine rings is 1. The van der Waals surface area contributed by atoms with Crippen molar-refractivity contribution in [3.8, 4) is 0 Å². The van der Waals surface area contributed by atoms with Crippen molar-refractivity contribution >= 4 is 17.3 Å². The molecule has 0 aromatic heterocycles. The van der Waals surface area contributed by atoms with Crippen LogP contribution in [0.2, 0.25) is 0 Å². The van der Waals surface area contributed by atoms with Gasteiger partial charge in [0.05, 0.1) is 5.69 Å². The summed E-state index contributed by atoms with van der Waals surface area (Å²) in [5.74, 6) is -0.235. The molecule has 1 fully saturated rings. The molecule has 2 aliphatic heterocycles. The van der Waals surface area contributed by atoms with Crippen molar-refractivity contribution in [1.82, 2.24) is 0 Å². The van der Waals surface area contributed by atoms with Crippen LogP contribution in [0.25, 0.3) is 0 Å². The molecular weight excluding hydrogens is 228 g/mol. The van der Waals surface area contributed by atoms with Crippen LogP contribution in [-0.4, -0.2) is 31.2 Å². The number of likely N-dealkylation sites (N-methyl/N-ethyl adjacent to an activating group) is 1. The molecule has 18 heavy (non-hydrogen) atoms. The molecule has 1 aromatic carbocycles. The van der Waals surface area contributed by atoms with E-state index in [0.29, 0.717) is 0 Å². The van der Waals surface area contributed by atoms with Crippen molar-refractivity contribution in [3.05, 3.63) is 23.8 Å². The Morgan fingerprint density at radius 3 is 2.67 bits per heavy atom. The summed E-state index contributed by atoms with van der Waals surface area (Å²) in [6.45, 7) is 2.16. The number of aliphatic hydroxyl groups excluding tert-OH is 1. The first-order chi connectivity index (χ1) is 8.68. The Kier molecular flexibility index (Phi) is 2.74. The SMILES string of the molecule is CN1C(=O)C(O)c2ccc(N3CCCCC3)cc21. The van der Waals surface area contributed by atoms with Crippen LogP contribution < -0.4 is 9.80 Å². The zero-order chi connectivity index (χ0) is 12.7. The van der Waals surface area contributed by atoms with E-state index in [2.05, 4.69) is 4.90 Å². The van der Waals surface area contributed by atoms with Gasteiger partial charge in [0.2, 0.25) is 0 Å². The highest BCUT2D eigenvalue weighted by atomic mass is 16.3. The second-order valence-electron chi connectivity index (χ2n) is 5.09. The molecule has 1 aromatic rings. The van der Waals surface area contributed by atoms with Gasteiger partial charge in [0.15, 0.2) is 6.10 Å². The fourth-order valence-electron chi connectivity index (χ4n) is 2.84. The molecule has 1 amide bonds. The average Bonchev–Trinajstić information content (AvgIpc) is 2.65. The van der Waals surface area contributed by atoms with Crippen molar-refractivity contribution in [2.75, 3.05) is 29.9 Å². The van der Waals surface area contributed by atoms with E-state index in [4.69, 9.17) is 0 Å². The first kappa shape index (κ1) is 11.5. The zero-order valence-electron chi connectivity index (χ0n) is 10.6. The van der Waals surface area contributed by atoms with Gasteiger partial charge in [-0.1, -0.05) is 6.07 Å². The summed E-state index contributed by atoms with van der Waals surface area (Å²) in [7, 11) is 1.72. The third kappa shape index (κ3) is 1.68. The summed E-state index contributed by atoms with van der Waals surface area (Å²) in [5, 5.41) is 9.82. The van der Waals surface area contributed by atoms with Crippen LogP contribution in [0.4, 0.5) is 11.4 Å². The van der Waals surface area contributed by atoms with Gasteiger partial charge in [-0.05, 0) is 31.4 Å². The van der Waals surface area contributed by atoms with Crippen molar-refractivity contribution < 1.29 is 9.90 Å². The highest BCUT2D eigenvalue weighted by Gasteiger charge is 2.33. The summed E-state index contributed by atoms with van der Waals surface area (Å²) >= 11 is 0. The molecule has 1 atom stereocenters. The van der Waals surface area contributed by atoms with Gasteiger partial charge in [-0.3, -0.25) is 4.79 Å². The lowest BCUT2D eigenvalue weighted by molar-refractivity contribution is -0.125. The Labute approximate surface area is 107 Å². The molecule has 2 aliphatic rings. The average molecular weight is 246 g/mol. The van der Waals surface area contributed by atoms with Crippen LogP contribution in [0.15, 0.2) is 18.2 Å². The summed E-state index contributed by atoms with van der Waals surface area (Å²) in [6.07, 6.45) is 2.78. The number of aliphatic hydroxyl groups is 1. The lowest BCUT2D eigenvalue weighted by atomic mass is 10.1. The molecule has 2 heterocycles. The monoisotopic (exact) mass is 246 g/mol. The number of hydrogen-bond donors (Lipinski definition) is 1. The molecular formula is C14H18N2O2. The quantitative estimate of drug-likeness (QED) is 0.820. The third-order valence-electron chi connectivity index (χ3n) is 3.96. The van der Waals surface area contributed by atoms with Gasteiger partial charge in [-0.25, -0.2) is 0 Å². The maximum Gasteiger partial charge on any atom is 0.260 e. The topological polar surface area (TPSA) is 43.8 Å². The minimum absolute atomic E-state index is 0.235. The molecule has 0 spiro atoms. The number of fused-ring (bicyclic) bond motifs is 1. The number of amides is 1. The van der Waals surface area contributed by atoms with E-state index in [1.807, 2.05) is 18.2 Å². The molecule has 1 saturated heterocycles. The first-order valence-electron chi connectivity index (χ1n) is 6.53. The Bertz CT molecular complexity index is 481. The lowest BCUT2D eigenvalue weighted by Crippen LogP contribution is -2.29. The van der Waals surface area contributed by atoms with Gasteiger partial charge in [0.1, 0.15) is 0 Å². The minimum atomic E-state index is -0.986. The van der Waals surface area contributed by atoms with E-state index in [1.165, 1.54) is 19.3 Å². The van der Waals surface area contributed by atoms with Crippen LogP contribution in [0.3, 0.4) is 0 Å². The molecule has 0 aliphatic carbocycles. The molecule has 1 N–H and O–H groups in total. The summed E-state index contributed by atoms with van der Waals surface area (Å²) in [6, 6.07) is 5.92. The predicted molar refractivity (Wildman–Crippen MR) is 70.9 cm³/mol. The Morgan fingerprint density at radius 2 is 1.94 bits per heavy atom. The molecule has 96 valence electrons. The Hall–Kier alpha value is -1.55. The molecule has 3 rings (SSSR count). The van der Waals surface area contributed by atoms with Crippen LogP contribution in [0.5, 0.6) is 0 Å². The van der Waals surface area contributed by atoms with Crippen molar-refractivity contribution in [3.63, 3.8) is 0 Å². The van der Waals surface area contributed by atoms with E-state index >= 15 is 0 Å². The number of benzene rings is 1. The minimum Gasteiger partial charge on any atom is -0.378 e. The van der Waals surface area contributed by atoms with Gasteiger partial charge in [0.25, 0.3) is 5.91 Å². The van der Waals surface area contributed by atoms with Gasteiger partial charge in [-0.2, -0.15) is 0 Å². The van der Waals surface area contributed by atoms with E-state index in [9.17, 15) is 9.90 Å². The largest absolute Gasteiger partial charge is 0.378 e. The van der Waals surface area contributed by atoms with Gasteiger partial charge < -0.3 is 14.9 Å². The molecule has 1 unspecified atom stereocenters. The van der Waals surface area contributed by atoms with Crippen LogP contribution in [-0.2, 0) is 4.79 Å². The predicted octanol–water partition coefficient (Wildman–Crippen LogP) is 1.69. The van der Waals surface area contributed by atoms with E-state index in [1.54, 1.807) is 11.9 Å². The van der Waals surface area contributed by atoms with E-state index in [-0.39, 0.29) is 5.91 Å². The number of anilines is 2. The lowest BCUT2D eigenvalue weighted by Gasteiger charge is -2.29. The number of rotatable bonds is 1. The van der Waals surface area contributed by atoms with Crippen molar-refractivity contribution in [2.24, 2.45) is 0 Å². The maximum absolute atomic E-state index is 11.7. The van der Waals surface area contributed by atoms with Crippen LogP contribution in [0, 0.1) is 0 Å². The number of carbonyl (C=O) groups excluding carboxylic acids is 1. The maximum atomic E-state index is 11.7. The molecule has 0 saturated carbocycles. The fourth-order valence-corrected chi connectivity index (χ4v) is 2.84. The third-order valence-corrected chi connectivity index (χ3v) is 3.96. The Balaban J connectivity index is 1.94. The second-order valence-corrected chi connectivity index (χ2v) is 5.09. The second kappa shape index (κ2) is 4.28. The molecule has 0 radical (unpaired) electrons. The molecule has 0 bridgehead atoms. The number of nitrogens with zero attached hydrogens (tertiary/aromatic N) is 2. The van der Waals surface area contributed by atoms with E-state index in [0.717, 1.165) is 30.0 Å². The number of hydrogen-bond acceptors (Lipinski definition) is 3. The highest BCUT2D eigenvalue weighted by Crippen LogP contribution is 2.37. The standard InChI is InChI=1S/C14H18N2O2/c1-15-12-9-10(16-7-3-2-4-8-16)5-6-11(12)13(17)14(15)18/h5-6,9,13,17H,2-4,7-8H2,1H3. The fraction of sp³-hybridized carbons (Fsp3) is 0.500. The molecule has 4 heteroatoms. The van der Waals surface area contributed by atoms with Gasteiger partial charge >= 0.3 is 0 Å². The Morgan fingerprint density at radius 1 is 1.22 bits per heavy atom. The zero-order valence-corrected chi connectivity index (χ0v) is 10.6.